The first-order valence-electron chi connectivity index (χ1n) is 9.19. The van der Waals surface area contributed by atoms with E-state index >= 15 is 0 Å². The van der Waals surface area contributed by atoms with Crippen LogP contribution in [0.4, 0.5) is 4.39 Å². The monoisotopic (exact) mass is 365 g/mol. The van der Waals surface area contributed by atoms with Crippen LogP contribution >= 0.6 is 0 Å². The number of furan rings is 1. The van der Waals surface area contributed by atoms with Crippen LogP contribution in [0.15, 0.2) is 71.3 Å². The number of hydrogen-bond donors (Lipinski definition) is 2. The summed E-state index contributed by atoms with van der Waals surface area (Å²) < 4.78 is 18.7. The van der Waals surface area contributed by atoms with Crippen LogP contribution in [0.3, 0.4) is 0 Å². The maximum absolute atomic E-state index is 13.1. The van der Waals surface area contributed by atoms with Crippen molar-refractivity contribution in [2.24, 2.45) is 0 Å². The van der Waals surface area contributed by atoms with Gasteiger partial charge in [0.2, 0.25) is 0 Å². The fourth-order valence-corrected chi connectivity index (χ4v) is 3.73. The molecule has 4 nitrogen and oxygen atoms in total. The number of nitrogens with one attached hydrogen (secondary N) is 2. The molecule has 0 fully saturated rings. The minimum absolute atomic E-state index is 0.0257. The highest BCUT2D eigenvalue weighted by Gasteiger charge is 2.30. The van der Waals surface area contributed by atoms with Crippen molar-refractivity contribution in [2.45, 2.75) is 19.0 Å². The van der Waals surface area contributed by atoms with Gasteiger partial charge in [0, 0.05) is 17.5 Å². The molecule has 27 heavy (non-hydrogen) atoms. The Hall–Kier alpha value is -2.92. The third-order valence-electron chi connectivity index (χ3n) is 5.20. The minimum atomic E-state index is -0.351. The highest BCUT2D eigenvalue weighted by atomic mass is 19.1. The van der Waals surface area contributed by atoms with Gasteiger partial charge in [-0.3, -0.25) is 4.79 Å². The Balaban J connectivity index is 1.49. The molecule has 1 aliphatic rings. The zero-order chi connectivity index (χ0) is 18.6. The van der Waals surface area contributed by atoms with Crippen LogP contribution in [0, 0.1) is 5.82 Å². The Morgan fingerprint density at radius 1 is 1.07 bits per heavy atom. The second kappa shape index (κ2) is 7.76. The Bertz CT molecular complexity index is 906. The number of halogens is 1. The molecule has 3 aromatic rings. The molecule has 2 aromatic carbocycles. The summed E-state index contributed by atoms with van der Waals surface area (Å²) in [5, 5.41) is 2.99. The molecule has 138 valence electrons. The molecule has 1 aromatic heterocycles. The number of hydrogen-bond acceptors (Lipinski definition) is 2. The summed E-state index contributed by atoms with van der Waals surface area (Å²) in [6.45, 7) is 2.34. The van der Waals surface area contributed by atoms with Crippen molar-refractivity contribution >= 4 is 5.91 Å². The molecule has 4 rings (SSSR count). The van der Waals surface area contributed by atoms with E-state index < -0.39 is 0 Å². The Morgan fingerprint density at radius 3 is 2.59 bits per heavy atom. The van der Waals surface area contributed by atoms with Gasteiger partial charge < -0.3 is 14.6 Å². The van der Waals surface area contributed by atoms with Gasteiger partial charge in [0.05, 0.1) is 19.4 Å². The first-order valence-corrected chi connectivity index (χ1v) is 9.19. The van der Waals surface area contributed by atoms with Crippen molar-refractivity contribution in [3.63, 3.8) is 0 Å². The molecule has 0 saturated carbocycles. The fraction of sp³-hybridized carbons (Fsp3) is 0.227. The molecule has 2 N–H and O–H groups in total. The van der Waals surface area contributed by atoms with Gasteiger partial charge in [-0.15, -0.1) is 0 Å². The number of fused-ring (bicyclic) bond motifs is 1. The Labute approximate surface area is 157 Å². The molecule has 1 aliphatic heterocycles. The molecule has 2 heterocycles. The van der Waals surface area contributed by atoms with E-state index in [4.69, 9.17) is 4.42 Å². The second-order valence-electron chi connectivity index (χ2n) is 6.89. The summed E-state index contributed by atoms with van der Waals surface area (Å²) in [7, 11) is 0. The molecule has 1 amide bonds. The molecule has 0 radical (unpaired) electrons. The summed E-state index contributed by atoms with van der Waals surface area (Å²) in [6, 6.07) is 18.0. The molecule has 0 saturated heterocycles. The van der Waals surface area contributed by atoms with Crippen molar-refractivity contribution in [3.05, 3.63) is 95.2 Å². The van der Waals surface area contributed by atoms with Crippen molar-refractivity contribution in [1.29, 1.82) is 0 Å². The topological polar surface area (TPSA) is 46.7 Å². The van der Waals surface area contributed by atoms with E-state index in [9.17, 15) is 9.18 Å². The Kier molecular flexibility index (Phi) is 5.03. The summed E-state index contributed by atoms with van der Waals surface area (Å²) in [5.74, 6) is 0.309. The third kappa shape index (κ3) is 3.93. The molecule has 0 bridgehead atoms. The average Bonchev–Trinajstić information content (AvgIpc) is 3.23. The van der Waals surface area contributed by atoms with E-state index in [0.29, 0.717) is 12.1 Å². The highest BCUT2D eigenvalue weighted by Crippen LogP contribution is 2.15. The summed E-state index contributed by atoms with van der Waals surface area (Å²) in [4.78, 5) is 13.8. The van der Waals surface area contributed by atoms with Crippen molar-refractivity contribution in [1.82, 2.24) is 5.32 Å². The van der Waals surface area contributed by atoms with Crippen LogP contribution < -0.4 is 10.2 Å². The minimum Gasteiger partial charge on any atom is -0.463 e. The first-order chi connectivity index (χ1) is 13.2. The average molecular weight is 365 g/mol. The van der Waals surface area contributed by atoms with Gasteiger partial charge in [-0.05, 0) is 42.0 Å². The van der Waals surface area contributed by atoms with Crippen LogP contribution in [0.2, 0.25) is 0 Å². The molecule has 1 unspecified atom stereocenters. The van der Waals surface area contributed by atoms with E-state index in [1.165, 1.54) is 40.3 Å². The van der Waals surface area contributed by atoms with Crippen LogP contribution in [-0.4, -0.2) is 19.0 Å². The second-order valence-corrected chi connectivity index (χ2v) is 6.89. The van der Waals surface area contributed by atoms with Crippen molar-refractivity contribution < 1.29 is 18.5 Å². The smallest absolute Gasteiger partial charge is 0.251 e. The number of carbonyl (C=O) groups is 1. The lowest BCUT2D eigenvalue weighted by Gasteiger charge is -2.31. The summed E-state index contributed by atoms with van der Waals surface area (Å²) >= 11 is 0. The van der Waals surface area contributed by atoms with E-state index in [0.717, 1.165) is 25.3 Å². The maximum Gasteiger partial charge on any atom is 0.251 e. The summed E-state index contributed by atoms with van der Waals surface area (Å²) in [5.41, 5.74) is 3.20. The van der Waals surface area contributed by atoms with Gasteiger partial charge in [0.1, 0.15) is 12.4 Å². The highest BCUT2D eigenvalue weighted by molar-refractivity contribution is 5.94. The van der Waals surface area contributed by atoms with Gasteiger partial charge in [-0.1, -0.05) is 24.3 Å². The lowest BCUT2D eigenvalue weighted by Crippen LogP contribution is -3.12. The predicted octanol–water partition coefficient (Wildman–Crippen LogP) is 2.53. The van der Waals surface area contributed by atoms with Crippen LogP contribution in [0.5, 0.6) is 0 Å². The zero-order valence-electron chi connectivity index (χ0n) is 15.0. The number of carbonyl (C=O) groups excluding carboxylic acids is 1. The van der Waals surface area contributed by atoms with E-state index in [2.05, 4.69) is 29.6 Å². The van der Waals surface area contributed by atoms with Gasteiger partial charge in [-0.25, -0.2) is 4.39 Å². The van der Waals surface area contributed by atoms with Crippen LogP contribution in [-0.2, 0) is 13.0 Å². The molecular weight excluding hydrogens is 343 g/mol. The summed E-state index contributed by atoms with van der Waals surface area (Å²) in [6.07, 6.45) is 2.68. The Morgan fingerprint density at radius 2 is 1.85 bits per heavy atom. The normalized spacial score (nSPS) is 17.1. The lowest BCUT2D eigenvalue weighted by atomic mass is 9.98. The predicted molar refractivity (Wildman–Crippen MR) is 99.9 cm³/mol. The van der Waals surface area contributed by atoms with Crippen molar-refractivity contribution in [3.8, 4) is 0 Å². The van der Waals surface area contributed by atoms with Crippen molar-refractivity contribution in [2.75, 3.05) is 13.1 Å². The van der Waals surface area contributed by atoms with E-state index in [-0.39, 0.29) is 17.8 Å². The SMILES string of the molecule is O=C(NC[C@@H](c1ccco1)[NH+]1CCc2ccccc2C1)c1ccc(F)cc1. The number of rotatable bonds is 5. The quantitative estimate of drug-likeness (QED) is 0.730. The number of amides is 1. The molecule has 5 heteroatoms. The molecule has 0 spiro atoms. The molecular formula is C22H22FN2O2+. The zero-order valence-corrected chi connectivity index (χ0v) is 15.0. The fourth-order valence-electron chi connectivity index (χ4n) is 3.73. The lowest BCUT2D eigenvalue weighted by molar-refractivity contribution is -0.946. The van der Waals surface area contributed by atoms with E-state index in [1.54, 1.807) is 6.26 Å². The molecule has 0 aliphatic carbocycles. The largest absolute Gasteiger partial charge is 0.463 e. The van der Waals surface area contributed by atoms with Gasteiger partial charge in [-0.2, -0.15) is 0 Å². The van der Waals surface area contributed by atoms with Crippen LogP contribution in [0.1, 0.15) is 33.3 Å². The maximum atomic E-state index is 13.1. The van der Waals surface area contributed by atoms with Crippen LogP contribution in [0.25, 0.3) is 0 Å². The van der Waals surface area contributed by atoms with Gasteiger partial charge in [0.15, 0.2) is 11.8 Å². The molecule has 2 atom stereocenters. The number of quaternary nitrogens is 1. The first kappa shape index (κ1) is 17.5. The standard InChI is InChI=1S/C22H21FN2O2/c23-19-9-7-17(8-10-19)22(26)24-14-20(21-6-3-13-27-21)25-12-11-16-4-1-2-5-18(16)15-25/h1-10,13,20H,11-12,14-15H2,(H,24,26)/p+1/t20-/m0/s1. The van der Waals surface area contributed by atoms with Gasteiger partial charge in [0.25, 0.3) is 5.91 Å². The van der Waals surface area contributed by atoms with E-state index in [1.807, 2.05) is 12.1 Å². The third-order valence-corrected chi connectivity index (χ3v) is 5.20. The van der Waals surface area contributed by atoms with Gasteiger partial charge >= 0.3 is 0 Å². The number of benzene rings is 2.